The third-order valence-corrected chi connectivity index (χ3v) is 4.56. The second-order valence-corrected chi connectivity index (χ2v) is 5.54. The summed E-state index contributed by atoms with van der Waals surface area (Å²) in [6.45, 7) is 4.64. The average Bonchev–Trinajstić information content (AvgIpc) is 2.74. The zero-order valence-corrected chi connectivity index (χ0v) is 10.7. The van der Waals surface area contributed by atoms with Gasteiger partial charge in [-0.05, 0) is 58.5 Å². The molecule has 0 aromatic heterocycles. The predicted molar refractivity (Wildman–Crippen MR) is 66.5 cm³/mol. The summed E-state index contributed by atoms with van der Waals surface area (Å²) in [5.41, 5.74) is 0. The van der Waals surface area contributed by atoms with Gasteiger partial charge in [-0.2, -0.15) is 0 Å². The molecule has 0 radical (unpaired) electrons. The summed E-state index contributed by atoms with van der Waals surface area (Å²) in [5.74, 6) is 0.756. The molecule has 3 heteroatoms. The molecule has 3 nitrogen and oxygen atoms in total. The monoisotopic (exact) mass is 226 g/mol. The molecule has 0 amide bonds. The van der Waals surface area contributed by atoms with Crippen molar-refractivity contribution in [1.82, 2.24) is 10.2 Å². The van der Waals surface area contributed by atoms with Crippen LogP contribution in [0.15, 0.2) is 0 Å². The van der Waals surface area contributed by atoms with Crippen molar-refractivity contribution in [3.8, 4) is 0 Å². The van der Waals surface area contributed by atoms with Crippen LogP contribution in [0.3, 0.4) is 0 Å². The van der Waals surface area contributed by atoms with E-state index in [-0.39, 0.29) is 6.10 Å². The highest BCUT2D eigenvalue weighted by Crippen LogP contribution is 2.29. The standard InChI is InChI=1S/C13H26N2O/c1-10(14-2)11-5-4-8-15(9-11)12-6-3-7-13(12)16/h10-14,16H,3-9H2,1-2H3. The number of aliphatic hydroxyl groups excluding tert-OH is 1. The maximum Gasteiger partial charge on any atom is 0.0695 e. The van der Waals surface area contributed by atoms with Gasteiger partial charge >= 0.3 is 0 Å². The summed E-state index contributed by atoms with van der Waals surface area (Å²) in [4.78, 5) is 2.54. The summed E-state index contributed by atoms with van der Waals surface area (Å²) in [6.07, 6.45) is 5.97. The van der Waals surface area contributed by atoms with Crippen molar-refractivity contribution < 1.29 is 5.11 Å². The van der Waals surface area contributed by atoms with E-state index in [1.54, 1.807) is 0 Å². The molecule has 2 fully saturated rings. The third-order valence-electron chi connectivity index (χ3n) is 4.56. The van der Waals surface area contributed by atoms with E-state index in [0.717, 1.165) is 12.3 Å². The van der Waals surface area contributed by atoms with Crippen molar-refractivity contribution in [1.29, 1.82) is 0 Å². The van der Waals surface area contributed by atoms with Gasteiger partial charge in [-0.15, -0.1) is 0 Å². The Morgan fingerprint density at radius 2 is 2.06 bits per heavy atom. The topological polar surface area (TPSA) is 35.5 Å². The van der Waals surface area contributed by atoms with Crippen molar-refractivity contribution in [2.75, 3.05) is 20.1 Å². The Morgan fingerprint density at radius 3 is 2.69 bits per heavy atom. The van der Waals surface area contributed by atoms with Gasteiger partial charge in [0.1, 0.15) is 0 Å². The molecule has 1 heterocycles. The minimum absolute atomic E-state index is 0.0661. The first-order chi connectivity index (χ1) is 7.72. The Kier molecular flexibility index (Phi) is 4.22. The van der Waals surface area contributed by atoms with Crippen LogP contribution in [0.25, 0.3) is 0 Å². The first-order valence-electron chi connectivity index (χ1n) is 6.81. The highest BCUT2D eigenvalue weighted by atomic mass is 16.3. The normalized spacial score (nSPS) is 38.8. The number of rotatable bonds is 3. The summed E-state index contributed by atoms with van der Waals surface area (Å²) < 4.78 is 0. The molecule has 1 aliphatic carbocycles. The van der Waals surface area contributed by atoms with Crippen LogP contribution in [0.5, 0.6) is 0 Å². The molecular weight excluding hydrogens is 200 g/mol. The quantitative estimate of drug-likeness (QED) is 0.759. The lowest BCUT2D eigenvalue weighted by Gasteiger charge is -2.40. The van der Waals surface area contributed by atoms with Gasteiger partial charge in [0.25, 0.3) is 0 Å². The fraction of sp³-hybridized carbons (Fsp3) is 1.00. The number of aliphatic hydroxyl groups is 1. The van der Waals surface area contributed by atoms with Crippen LogP contribution in [0.1, 0.15) is 39.0 Å². The number of nitrogens with zero attached hydrogens (tertiary/aromatic N) is 1. The lowest BCUT2D eigenvalue weighted by Crippen LogP contribution is -2.49. The maximum absolute atomic E-state index is 9.97. The molecule has 1 aliphatic heterocycles. The minimum Gasteiger partial charge on any atom is -0.391 e. The largest absolute Gasteiger partial charge is 0.391 e. The molecule has 1 saturated carbocycles. The zero-order valence-electron chi connectivity index (χ0n) is 10.7. The Labute approximate surface area is 99.2 Å². The number of piperidine rings is 1. The predicted octanol–water partition coefficient (Wildman–Crippen LogP) is 1.22. The fourth-order valence-corrected chi connectivity index (χ4v) is 3.33. The van der Waals surface area contributed by atoms with Crippen molar-refractivity contribution in [2.24, 2.45) is 5.92 Å². The van der Waals surface area contributed by atoms with Crippen LogP contribution in [0, 0.1) is 5.92 Å². The highest BCUT2D eigenvalue weighted by molar-refractivity contribution is 4.89. The van der Waals surface area contributed by atoms with Gasteiger partial charge in [0.15, 0.2) is 0 Å². The smallest absolute Gasteiger partial charge is 0.0695 e. The molecule has 1 saturated heterocycles. The summed E-state index contributed by atoms with van der Waals surface area (Å²) in [5, 5.41) is 13.3. The molecule has 94 valence electrons. The van der Waals surface area contributed by atoms with E-state index in [1.165, 1.54) is 38.8 Å². The minimum atomic E-state index is -0.0661. The van der Waals surface area contributed by atoms with Gasteiger partial charge < -0.3 is 10.4 Å². The molecule has 0 bridgehead atoms. The number of hydrogen-bond acceptors (Lipinski definition) is 3. The van der Waals surface area contributed by atoms with E-state index in [0.29, 0.717) is 12.1 Å². The average molecular weight is 226 g/mol. The molecule has 2 rings (SSSR count). The first-order valence-corrected chi connectivity index (χ1v) is 6.81. The molecule has 0 aromatic rings. The fourth-order valence-electron chi connectivity index (χ4n) is 3.33. The highest BCUT2D eigenvalue weighted by Gasteiger charge is 2.34. The van der Waals surface area contributed by atoms with Crippen molar-refractivity contribution in [2.45, 2.75) is 57.2 Å². The number of likely N-dealkylation sites (tertiary alicyclic amines) is 1. The Balaban J connectivity index is 1.91. The van der Waals surface area contributed by atoms with Crippen LogP contribution < -0.4 is 5.32 Å². The number of hydrogen-bond donors (Lipinski definition) is 2. The lowest BCUT2D eigenvalue weighted by molar-refractivity contribution is 0.0379. The van der Waals surface area contributed by atoms with Crippen LogP contribution in [-0.2, 0) is 0 Å². The van der Waals surface area contributed by atoms with Crippen LogP contribution in [0.4, 0.5) is 0 Å². The first kappa shape index (κ1) is 12.3. The van der Waals surface area contributed by atoms with Crippen molar-refractivity contribution >= 4 is 0 Å². The Bertz CT molecular complexity index is 222. The lowest BCUT2D eigenvalue weighted by atomic mass is 9.90. The van der Waals surface area contributed by atoms with Gasteiger partial charge in [-0.3, -0.25) is 4.90 Å². The van der Waals surface area contributed by atoms with Gasteiger partial charge in [0.05, 0.1) is 6.10 Å². The molecule has 0 aromatic carbocycles. The molecule has 2 N–H and O–H groups in total. The Hall–Kier alpha value is -0.120. The molecule has 0 spiro atoms. The van der Waals surface area contributed by atoms with E-state index in [4.69, 9.17) is 0 Å². The summed E-state index contributed by atoms with van der Waals surface area (Å²) in [7, 11) is 2.05. The van der Waals surface area contributed by atoms with Gasteiger partial charge in [0.2, 0.25) is 0 Å². The summed E-state index contributed by atoms with van der Waals surface area (Å²) >= 11 is 0. The molecule has 4 unspecified atom stereocenters. The molecule has 4 atom stereocenters. The summed E-state index contributed by atoms with van der Waals surface area (Å²) in [6, 6.07) is 1.05. The SMILES string of the molecule is CNC(C)C1CCCN(C2CCCC2O)C1. The van der Waals surface area contributed by atoms with Gasteiger partial charge in [-0.1, -0.05) is 0 Å². The van der Waals surface area contributed by atoms with E-state index in [1.807, 2.05) is 7.05 Å². The van der Waals surface area contributed by atoms with E-state index >= 15 is 0 Å². The van der Waals surface area contributed by atoms with Crippen LogP contribution in [0.2, 0.25) is 0 Å². The Morgan fingerprint density at radius 1 is 1.25 bits per heavy atom. The van der Waals surface area contributed by atoms with E-state index in [9.17, 15) is 5.11 Å². The van der Waals surface area contributed by atoms with Crippen LogP contribution >= 0.6 is 0 Å². The molecule has 2 aliphatic rings. The van der Waals surface area contributed by atoms with Gasteiger partial charge in [0, 0.05) is 18.6 Å². The number of nitrogens with one attached hydrogen (secondary N) is 1. The van der Waals surface area contributed by atoms with Gasteiger partial charge in [-0.25, -0.2) is 0 Å². The van der Waals surface area contributed by atoms with E-state index < -0.39 is 0 Å². The maximum atomic E-state index is 9.97. The van der Waals surface area contributed by atoms with Crippen molar-refractivity contribution in [3.05, 3.63) is 0 Å². The second-order valence-electron chi connectivity index (χ2n) is 5.54. The van der Waals surface area contributed by atoms with Crippen LogP contribution in [-0.4, -0.2) is 48.3 Å². The molecule has 16 heavy (non-hydrogen) atoms. The molecular formula is C13H26N2O. The zero-order chi connectivity index (χ0) is 11.5. The van der Waals surface area contributed by atoms with E-state index in [2.05, 4.69) is 17.1 Å². The van der Waals surface area contributed by atoms with Crippen molar-refractivity contribution in [3.63, 3.8) is 0 Å². The second kappa shape index (κ2) is 5.48. The third kappa shape index (κ3) is 2.58.